The maximum atomic E-state index is 11.3. The number of rotatable bonds is 7. The number of allylic oxidation sites excluding steroid dienone is 2. The first kappa shape index (κ1) is 25.6. The molecule has 0 aliphatic carbocycles. The fourth-order valence-corrected chi connectivity index (χ4v) is 7.98. The molecule has 0 radical (unpaired) electrons. The molecule has 2 N–H and O–H groups in total. The highest BCUT2D eigenvalue weighted by Crippen LogP contribution is 2.55. The van der Waals surface area contributed by atoms with Crippen LogP contribution >= 0.6 is 17.7 Å². The van der Waals surface area contributed by atoms with Crippen LogP contribution < -0.4 is 9.62 Å². The molecule has 37 heavy (non-hydrogen) atoms. The van der Waals surface area contributed by atoms with Crippen LogP contribution in [0.15, 0.2) is 42.3 Å². The summed E-state index contributed by atoms with van der Waals surface area (Å²) in [6.45, 7) is 4.44. The minimum atomic E-state index is -3.24. The zero-order valence-corrected chi connectivity index (χ0v) is 23.1. The van der Waals surface area contributed by atoms with E-state index in [4.69, 9.17) is 14.7 Å². The smallest absolute Gasteiger partial charge is 0.209 e. The molecule has 1 unspecified atom stereocenters. The molecular weight excluding hydrogens is 527 g/mol. The van der Waals surface area contributed by atoms with Crippen molar-refractivity contribution in [2.45, 2.75) is 13.3 Å². The number of sulfonamides is 1. The number of fused-ring (bicyclic) bond motifs is 2. The maximum absolute atomic E-state index is 11.3. The molecule has 1 aliphatic heterocycles. The first-order valence-electron chi connectivity index (χ1n) is 11.8. The van der Waals surface area contributed by atoms with Gasteiger partial charge >= 0.3 is 0 Å². The predicted octanol–water partition coefficient (Wildman–Crippen LogP) is 4.42. The van der Waals surface area contributed by atoms with E-state index in [1.54, 1.807) is 10.9 Å². The second-order valence-electron chi connectivity index (χ2n) is 8.48. The van der Waals surface area contributed by atoms with E-state index in [0.29, 0.717) is 25.5 Å². The molecule has 1 saturated heterocycles. The van der Waals surface area contributed by atoms with Gasteiger partial charge in [0, 0.05) is 55.0 Å². The molecule has 5 rings (SSSR count). The minimum absolute atomic E-state index is 0.205. The normalized spacial score (nSPS) is 15.6. The highest BCUT2D eigenvalue weighted by atomic mass is 32.5. The zero-order valence-electron chi connectivity index (χ0n) is 20.6. The van der Waals surface area contributed by atoms with Crippen molar-refractivity contribution >= 4 is 60.3 Å². The molecule has 1 atom stereocenters. The third kappa shape index (κ3) is 6.12. The first-order valence-corrected chi connectivity index (χ1v) is 16.5. The molecule has 0 bridgehead atoms. The van der Waals surface area contributed by atoms with E-state index in [-0.39, 0.29) is 6.54 Å². The highest BCUT2D eigenvalue weighted by Gasteiger charge is 2.23. The van der Waals surface area contributed by atoms with E-state index in [0.717, 1.165) is 52.2 Å². The van der Waals surface area contributed by atoms with Gasteiger partial charge in [-0.1, -0.05) is 34.9 Å². The van der Waals surface area contributed by atoms with E-state index in [1.165, 1.54) is 5.12 Å². The van der Waals surface area contributed by atoms with E-state index in [2.05, 4.69) is 49.4 Å². The van der Waals surface area contributed by atoms with Crippen molar-refractivity contribution in [3.05, 3.63) is 42.3 Å². The fraction of sp³-hybridized carbons (Fsp3) is 0.320. The van der Waals surface area contributed by atoms with Gasteiger partial charge < -0.3 is 14.6 Å². The summed E-state index contributed by atoms with van der Waals surface area (Å²) < 4.78 is 30.7. The molecule has 0 aromatic carbocycles. The predicted molar refractivity (Wildman–Crippen MR) is 153 cm³/mol. The topological polar surface area (TPSA) is 113 Å². The molecule has 1 fully saturated rings. The Bertz CT molecular complexity index is 1650. The molecule has 5 heterocycles. The number of hydrogen-bond acceptors (Lipinski definition) is 8. The number of hydrogen-bond donors (Lipinski definition) is 2. The summed E-state index contributed by atoms with van der Waals surface area (Å²) >= 11 is 0. The summed E-state index contributed by atoms with van der Waals surface area (Å²) in [5.74, 6) is 10.0. The summed E-state index contributed by atoms with van der Waals surface area (Å²) in [4.78, 5) is 20.9. The van der Waals surface area contributed by atoms with E-state index in [9.17, 15) is 8.42 Å². The number of nitrogens with zero attached hydrogens (tertiary/aromatic N) is 4. The molecule has 0 saturated carbocycles. The number of aromatic nitrogens is 4. The van der Waals surface area contributed by atoms with E-state index < -0.39 is 16.7 Å². The van der Waals surface area contributed by atoms with Crippen molar-refractivity contribution in [2.24, 2.45) is 0 Å². The number of morpholine rings is 1. The lowest BCUT2D eigenvalue weighted by molar-refractivity contribution is 0.122. The number of nitrogens with one attached hydrogen (secondary N) is 2. The Balaban J connectivity index is 1.38. The third-order valence-corrected chi connectivity index (χ3v) is 10.6. The van der Waals surface area contributed by atoms with Gasteiger partial charge in [-0.25, -0.2) is 28.1 Å². The third-order valence-electron chi connectivity index (χ3n) is 5.79. The highest BCUT2D eigenvalue weighted by molar-refractivity contribution is 8.04. The SMILES string of the molecule is C/C=C(\C#CC/C=C/p1sc2nc(-c3cnc4[nH]ccc4c3)nc(N3CCOCC3)c21)CNS(C)(=O)=O. The Morgan fingerprint density at radius 2 is 2.19 bits per heavy atom. The number of anilines is 1. The van der Waals surface area contributed by atoms with Gasteiger partial charge in [0.05, 0.1) is 24.6 Å². The Labute approximate surface area is 220 Å². The van der Waals surface area contributed by atoms with Crippen LogP contribution in [-0.4, -0.2) is 67.5 Å². The number of ether oxygens (including phenoxy) is 1. The number of aromatic amines is 1. The summed E-state index contributed by atoms with van der Waals surface area (Å²) in [6.07, 6.45) is 9.32. The molecule has 12 heteroatoms. The lowest BCUT2D eigenvalue weighted by Gasteiger charge is -2.29. The molecule has 4 aromatic rings. The molecule has 9 nitrogen and oxygen atoms in total. The maximum Gasteiger partial charge on any atom is 0.209 e. The fourth-order valence-electron chi connectivity index (χ4n) is 3.87. The van der Waals surface area contributed by atoms with Crippen molar-refractivity contribution < 1.29 is 13.2 Å². The first-order chi connectivity index (χ1) is 17.9. The zero-order chi connectivity index (χ0) is 25.8. The van der Waals surface area contributed by atoms with Crippen LogP contribution in [-0.2, 0) is 14.8 Å². The van der Waals surface area contributed by atoms with Gasteiger partial charge in [0.25, 0.3) is 0 Å². The van der Waals surface area contributed by atoms with Gasteiger partial charge in [-0.15, -0.1) is 0 Å². The standard InChI is InChI=1S/C25H27N6O3PS2/c1-3-18(16-28-37(2,32)33)7-5-4-6-14-35-21-24(31-10-12-34-13-11-31)29-23(30-25(21)36-35)20-15-19-8-9-26-22(19)27-17-20/h3,6,8-9,14-15,17,28H,4,10-13,16H2,1-2H3,(H,26,27)/b14-6+,18-3+. The van der Waals surface area contributed by atoms with Crippen molar-refractivity contribution in [2.75, 3.05) is 44.0 Å². The Morgan fingerprint density at radius 1 is 1.35 bits per heavy atom. The van der Waals surface area contributed by atoms with Crippen LogP contribution in [0.1, 0.15) is 13.3 Å². The Kier molecular flexibility index (Phi) is 7.74. The average Bonchev–Trinajstić information content (AvgIpc) is 3.35. The van der Waals surface area contributed by atoms with Crippen LogP contribution in [0.2, 0.25) is 0 Å². The Morgan fingerprint density at radius 3 is 2.97 bits per heavy atom. The van der Waals surface area contributed by atoms with Crippen LogP contribution in [0.3, 0.4) is 0 Å². The van der Waals surface area contributed by atoms with Crippen LogP contribution in [0, 0.1) is 11.8 Å². The van der Waals surface area contributed by atoms with Crippen molar-refractivity contribution in [3.8, 4) is 23.2 Å². The van der Waals surface area contributed by atoms with Gasteiger partial charge in [0.1, 0.15) is 16.3 Å². The monoisotopic (exact) mass is 554 g/mol. The summed E-state index contributed by atoms with van der Waals surface area (Å²) in [5, 5.41) is 2.24. The van der Waals surface area contributed by atoms with Crippen LogP contribution in [0.4, 0.5) is 5.82 Å². The largest absolute Gasteiger partial charge is 0.378 e. The average molecular weight is 555 g/mol. The van der Waals surface area contributed by atoms with Crippen molar-refractivity contribution in [3.63, 3.8) is 0 Å². The van der Waals surface area contributed by atoms with Gasteiger partial charge in [-0.05, 0) is 31.6 Å². The van der Waals surface area contributed by atoms with Crippen molar-refractivity contribution in [1.29, 1.82) is 0 Å². The molecule has 4 aromatic heterocycles. The molecule has 0 spiro atoms. The summed E-state index contributed by atoms with van der Waals surface area (Å²) in [5.41, 5.74) is 2.49. The van der Waals surface area contributed by atoms with Gasteiger partial charge in [0.15, 0.2) is 5.82 Å². The number of pyridine rings is 1. The van der Waals surface area contributed by atoms with E-state index in [1.807, 2.05) is 31.5 Å². The Hall–Kier alpha value is -3.00. The van der Waals surface area contributed by atoms with Gasteiger partial charge in [-0.2, -0.15) is 0 Å². The molecule has 192 valence electrons. The van der Waals surface area contributed by atoms with E-state index >= 15 is 0 Å². The molecule has 0 amide bonds. The summed E-state index contributed by atoms with van der Waals surface area (Å²) in [6, 6.07) is 4.07. The second kappa shape index (κ2) is 11.2. The number of H-pyrrole nitrogens is 1. The molecule has 1 aliphatic rings. The van der Waals surface area contributed by atoms with Crippen molar-refractivity contribution in [1.82, 2.24) is 24.7 Å². The van der Waals surface area contributed by atoms with Gasteiger partial charge in [-0.3, -0.25) is 0 Å². The van der Waals surface area contributed by atoms with Crippen LogP contribution in [0.25, 0.3) is 38.2 Å². The van der Waals surface area contributed by atoms with Crippen LogP contribution in [0.5, 0.6) is 0 Å². The second-order valence-corrected chi connectivity index (χ2v) is 14.0. The summed E-state index contributed by atoms with van der Waals surface area (Å²) in [7, 11) is -1.47. The van der Waals surface area contributed by atoms with Gasteiger partial charge in [0.2, 0.25) is 10.0 Å². The molecular formula is C25H27N6O3PS2. The minimum Gasteiger partial charge on any atom is -0.378 e. The lowest BCUT2D eigenvalue weighted by atomic mass is 10.2. The lowest BCUT2D eigenvalue weighted by Crippen LogP contribution is -2.37. The quantitative estimate of drug-likeness (QED) is 0.325.